The number of rotatable bonds is 4. The van der Waals surface area contributed by atoms with Gasteiger partial charge in [0.05, 0.1) is 5.92 Å². The molecule has 3 aromatic carbocycles. The van der Waals surface area contributed by atoms with Crippen molar-refractivity contribution in [3.8, 4) is 0 Å². The average Bonchev–Trinajstić information content (AvgIpc) is 2.84. The molecule has 5 rings (SSSR count). The van der Waals surface area contributed by atoms with E-state index in [9.17, 15) is 15.0 Å². The minimum Gasteiger partial charge on any atom is -0.302 e. The van der Waals surface area contributed by atoms with E-state index in [0.717, 1.165) is 16.9 Å². The van der Waals surface area contributed by atoms with Crippen LogP contribution in [0.15, 0.2) is 96.2 Å². The van der Waals surface area contributed by atoms with Crippen molar-refractivity contribution in [2.45, 2.75) is 32.6 Å². The van der Waals surface area contributed by atoms with Crippen LogP contribution >= 0.6 is 11.6 Å². The van der Waals surface area contributed by atoms with E-state index in [-0.39, 0.29) is 22.8 Å². The van der Waals surface area contributed by atoms with Crippen molar-refractivity contribution in [2.24, 2.45) is 11.3 Å². The van der Waals surface area contributed by atoms with Gasteiger partial charge in [-0.25, -0.2) is 0 Å². The molecule has 4 nitrogen and oxygen atoms in total. The summed E-state index contributed by atoms with van der Waals surface area (Å²) in [6, 6.07) is 26.0. The Morgan fingerprint density at radius 1 is 0.914 bits per heavy atom. The lowest BCUT2D eigenvalue weighted by molar-refractivity contribution is -0.118. The average molecular weight is 483 g/mol. The largest absolute Gasteiger partial charge is 0.302 e. The Morgan fingerprint density at radius 2 is 1.51 bits per heavy atom. The second-order valence-electron chi connectivity index (χ2n) is 10.1. The highest BCUT2D eigenvalue weighted by Crippen LogP contribution is 2.50. The van der Waals surface area contributed by atoms with Gasteiger partial charge in [-0.1, -0.05) is 86.1 Å². The molecule has 1 aliphatic heterocycles. The lowest BCUT2D eigenvalue weighted by atomic mass is 9.65. The lowest BCUT2D eigenvalue weighted by Crippen LogP contribution is -2.50. The summed E-state index contributed by atoms with van der Waals surface area (Å²) in [6.45, 7) is 4.17. The highest BCUT2D eigenvalue weighted by atomic mass is 35.5. The molecule has 0 bridgehead atoms. The fourth-order valence-electron chi connectivity index (χ4n) is 5.42. The number of amidine groups is 1. The quantitative estimate of drug-likeness (QED) is 0.405. The van der Waals surface area contributed by atoms with E-state index in [1.165, 1.54) is 0 Å². The number of halogens is 1. The normalized spacial score (nSPS) is 21.6. The fourth-order valence-corrected chi connectivity index (χ4v) is 5.55. The third-order valence-corrected chi connectivity index (χ3v) is 7.18. The van der Waals surface area contributed by atoms with E-state index < -0.39 is 11.8 Å². The van der Waals surface area contributed by atoms with Gasteiger partial charge in [-0.3, -0.25) is 15.0 Å². The van der Waals surface area contributed by atoms with Gasteiger partial charge < -0.3 is 4.90 Å². The highest BCUT2D eigenvalue weighted by molar-refractivity contribution is 6.30. The Bertz CT molecular complexity index is 1330. The van der Waals surface area contributed by atoms with Crippen LogP contribution in [0, 0.1) is 16.7 Å². The summed E-state index contributed by atoms with van der Waals surface area (Å²) in [7, 11) is 0. The van der Waals surface area contributed by atoms with Gasteiger partial charge >= 0.3 is 0 Å². The third-order valence-electron chi connectivity index (χ3n) is 6.93. The van der Waals surface area contributed by atoms with Gasteiger partial charge in [0.2, 0.25) is 0 Å². The van der Waals surface area contributed by atoms with Gasteiger partial charge in [0, 0.05) is 39.9 Å². The summed E-state index contributed by atoms with van der Waals surface area (Å²) in [5, 5.41) is 9.98. The van der Waals surface area contributed by atoms with Crippen LogP contribution in [0.2, 0.25) is 5.02 Å². The maximum atomic E-state index is 14.0. The zero-order valence-electron chi connectivity index (χ0n) is 19.8. The molecule has 5 heteroatoms. The predicted molar refractivity (Wildman–Crippen MR) is 140 cm³/mol. The molecule has 1 N–H and O–H groups in total. The summed E-state index contributed by atoms with van der Waals surface area (Å²) in [6.07, 6.45) is 1.04. The SMILES string of the molecule is CC1(C)CC(=O)C2=C(C1)N(c1ccccc1)C(=N)C(C(=O)c1ccccc1)C2c1ccc(Cl)cc1. The number of carbonyl (C=O) groups excluding carboxylic acids is 2. The van der Waals surface area contributed by atoms with Crippen LogP contribution in [0.3, 0.4) is 0 Å². The molecular formula is C30H27ClN2O2. The summed E-state index contributed by atoms with van der Waals surface area (Å²) in [5.74, 6) is -1.33. The predicted octanol–water partition coefficient (Wildman–Crippen LogP) is 7.06. The van der Waals surface area contributed by atoms with Crippen molar-refractivity contribution in [1.29, 1.82) is 5.41 Å². The Kier molecular flexibility index (Phi) is 5.94. The van der Waals surface area contributed by atoms with E-state index in [2.05, 4.69) is 13.8 Å². The summed E-state index contributed by atoms with van der Waals surface area (Å²) >= 11 is 6.18. The Labute approximate surface area is 210 Å². The molecule has 0 fully saturated rings. The number of hydrogen-bond acceptors (Lipinski definition) is 3. The number of carbonyl (C=O) groups is 2. The molecule has 0 saturated heterocycles. The minimum absolute atomic E-state index is 0.0375. The first-order valence-electron chi connectivity index (χ1n) is 11.8. The first-order chi connectivity index (χ1) is 16.8. The van der Waals surface area contributed by atoms with Crippen LogP contribution in [-0.4, -0.2) is 17.4 Å². The molecule has 176 valence electrons. The van der Waals surface area contributed by atoms with Crippen LogP contribution in [-0.2, 0) is 4.79 Å². The molecule has 3 aromatic rings. The van der Waals surface area contributed by atoms with E-state index in [4.69, 9.17) is 11.6 Å². The zero-order chi connectivity index (χ0) is 24.7. The number of anilines is 1. The van der Waals surface area contributed by atoms with Crippen LogP contribution < -0.4 is 4.90 Å². The Balaban J connectivity index is 1.78. The molecule has 2 atom stereocenters. The monoisotopic (exact) mass is 482 g/mol. The summed E-state index contributed by atoms with van der Waals surface area (Å²) < 4.78 is 0. The number of para-hydroxylation sites is 1. The first-order valence-corrected chi connectivity index (χ1v) is 12.2. The molecule has 0 radical (unpaired) electrons. The summed E-state index contributed by atoms with van der Waals surface area (Å²) in [4.78, 5) is 29.6. The molecule has 0 saturated carbocycles. The Hall–Kier alpha value is -3.50. The van der Waals surface area contributed by atoms with Gasteiger partial charge in [0.25, 0.3) is 0 Å². The van der Waals surface area contributed by atoms with Gasteiger partial charge in [-0.15, -0.1) is 0 Å². The molecule has 1 aliphatic carbocycles. The smallest absolute Gasteiger partial charge is 0.174 e. The van der Waals surface area contributed by atoms with Crippen LogP contribution in [0.25, 0.3) is 0 Å². The van der Waals surface area contributed by atoms with Gasteiger partial charge in [0.15, 0.2) is 11.6 Å². The van der Waals surface area contributed by atoms with E-state index in [1.807, 2.05) is 65.6 Å². The number of Topliss-reactive ketones (excluding diaryl/α,β-unsaturated/α-hetero) is 2. The standard InChI is InChI=1S/C30H27ClN2O2/c1-30(2)17-23-26(24(34)18-30)25(19-13-15-21(31)16-14-19)27(28(35)20-9-5-3-6-10-20)29(32)33(23)22-11-7-4-8-12-22/h3-16,25,27,32H,17-18H2,1-2H3. The topological polar surface area (TPSA) is 61.2 Å². The van der Waals surface area contributed by atoms with E-state index >= 15 is 0 Å². The molecule has 0 spiro atoms. The second-order valence-corrected chi connectivity index (χ2v) is 10.5. The van der Waals surface area contributed by atoms with Gasteiger partial charge in [0.1, 0.15) is 5.84 Å². The second kappa shape index (κ2) is 8.94. The molecule has 1 heterocycles. The van der Waals surface area contributed by atoms with Crippen molar-refractivity contribution >= 4 is 34.7 Å². The number of hydrogen-bond donors (Lipinski definition) is 1. The third kappa shape index (κ3) is 4.23. The van der Waals surface area contributed by atoms with Gasteiger partial charge in [-0.2, -0.15) is 0 Å². The van der Waals surface area contributed by atoms with Gasteiger partial charge in [-0.05, 0) is 41.7 Å². The molecular weight excluding hydrogens is 456 g/mol. The number of allylic oxidation sites excluding steroid dienone is 2. The lowest BCUT2D eigenvalue weighted by Gasteiger charge is -2.47. The molecule has 2 aliphatic rings. The van der Waals surface area contributed by atoms with E-state index in [1.54, 1.807) is 24.3 Å². The maximum Gasteiger partial charge on any atom is 0.174 e. The van der Waals surface area contributed by atoms with Crippen molar-refractivity contribution in [3.05, 3.63) is 112 Å². The van der Waals surface area contributed by atoms with Crippen LogP contribution in [0.4, 0.5) is 5.69 Å². The molecule has 0 amide bonds. The first kappa shape index (κ1) is 23.3. The minimum atomic E-state index is -0.845. The van der Waals surface area contributed by atoms with E-state index in [0.29, 0.717) is 29.0 Å². The maximum absolute atomic E-state index is 14.0. The Morgan fingerprint density at radius 3 is 2.14 bits per heavy atom. The van der Waals surface area contributed by atoms with Crippen LogP contribution in [0.1, 0.15) is 48.5 Å². The molecule has 2 unspecified atom stereocenters. The fraction of sp³-hybridized carbons (Fsp3) is 0.233. The molecule has 35 heavy (non-hydrogen) atoms. The van der Waals surface area contributed by atoms with Crippen molar-refractivity contribution < 1.29 is 9.59 Å². The van der Waals surface area contributed by atoms with Crippen molar-refractivity contribution in [3.63, 3.8) is 0 Å². The number of ketones is 2. The zero-order valence-corrected chi connectivity index (χ0v) is 20.5. The van der Waals surface area contributed by atoms with Crippen molar-refractivity contribution in [2.75, 3.05) is 4.90 Å². The van der Waals surface area contributed by atoms with Crippen molar-refractivity contribution in [1.82, 2.24) is 0 Å². The molecule has 0 aromatic heterocycles. The number of nitrogens with zero attached hydrogens (tertiary/aromatic N) is 1. The highest BCUT2D eigenvalue weighted by Gasteiger charge is 2.50. The number of nitrogens with one attached hydrogen (secondary N) is 1. The van der Waals surface area contributed by atoms with Crippen LogP contribution in [0.5, 0.6) is 0 Å². The number of benzene rings is 3. The summed E-state index contributed by atoms with van der Waals surface area (Å²) in [5.41, 5.74) is 3.35.